The van der Waals surface area contributed by atoms with E-state index in [1.54, 1.807) is 37.6 Å². The summed E-state index contributed by atoms with van der Waals surface area (Å²) in [6.07, 6.45) is 5.39. The SMILES string of the molecule is COc1ccc2c(NC(=O)[C@H]3CC[C@H](CN(C)C)CC3)c(C(=O)Nc3ccc(C)cn3)oc2c1. The molecule has 0 atom stereocenters. The molecule has 8 nitrogen and oxygen atoms in total. The lowest BCUT2D eigenvalue weighted by atomic mass is 9.81. The largest absolute Gasteiger partial charge is 0.497 e. The van der Waals surface area contributed by atoms with Gasteiger partial charge in [0.05, 0.1) is 7.11 Å². The van der Waals surface area contributed by atoms with Crippen molar-refractivity contribution >= 4 is 34.3 Å². The minimum atomic E-state index is -0.475. The molecule has 2 N–H and O–H groups in total. The van der Waals surface area contributed by atoms with E-state index in [0.29, 0.717) is 34.1 Å². The molecule has 0 spiro atoms. The smallest absolute Gasteiger partial charge is 0.294 e. The van der Waals surface area contributed by atoms with E-state index in [9.17, 15) is 9.59 Å². The van der Waals surface area contributed by atoms with Crippen LogP contribution >= 0.6 is 0 Å². The number of furan rings is 1. The third-order valence-corrected chi connectivity index (χ3v) is 6.35. The van der Waals surface area contributed by atoms with Gasteiger partial charge in [-0.1, -0.05) is 6.07 Å². The topological polar surface area (TPSA) is 96.7 Å². The third kappa shape index (κ3) is 5.39. The number of benzene rings is 1. The first-order valence-electron chi connectivity index (χ1n) is 11.6. The van der Waals surface area contributed by atoms with E-state index in [2.05, 4.69) is 34.6 Å². The van der Waals surface area contributed by atoms with Gasteiger partial charge in [-0.2, -0.15) is 0 Å². The Kier molecular flexibility index (Phi) is 7.17. The van der Waals surface area contributed by atoms with Crippen molar-refractivity contribution in [2.24, 2.45) is 11.8 Å². The van der Waals surface area contributed by atoms with Crippen LogP contribution in [0.4, 0.5) is 11.5 Å². The molecule has 0 aliphatic heterocycles. The highest BCUT2D eigenvalue weighted by molar-refractivity contribution is 6.14. The van der Waals surface area contributed by atoms with Gasteiger partial charge in [0.15, 0.2) is 0 Å². The van der Waals surface area contributed by atoms with Gasteiger partial charge in [-0.25, -0.2) is 4.98 Å². The Balaban J connectivity index is 1.57. The van der Waals surface area contributed by atoms with Gasteiger partial charge in [-0.15, -0.1) is 0 Å². The zero-order valence-corrected chi connectivity index (χ0v) is 20.2. The number of aryl methyl sites for hydroxylation is 1. The van der Waals surface area contributed by atoms with Gasteiger partial charge in [-0.05, 0) is 76.4 Å². The number of hydrogen-bond donors (Lipinski definition) is 2. The maximum atomic E-state index is 13.2. The second-order valence-electron chi connectivity index (χ2n) is 9.31. The van der Waals surface area contributed by atoms with Gasteiger partial charge < -0.3 is 24.7 Å². The molecule has 1 saturated carbocycles. The molecule has 180 valence electrons. The lowest BCUT2D eigenvalue weighted by molar-refractivity contribution is -0.121. The minimum Gasteiger partial charge on any atom is -0.497 e. The summed E-state index contributed by atoms with van der Waals surface area (Å²) in [6, 6.07) is 8.87. The van der Waals surface area contributed by atoms with Crippen molar-refractivity contribution < 1.29 is 18.7 Å². The first-order valence-corrected chi connectivity index (χ1v) is 11.6. The predicted molar refractivity (Wildman–Crippen MR) is 132 cm³/mol. The molecule has 34 heavy (non-hydrogen) atoms. The van der Waals surface area contributed by atoms with Crippen molar-refractivity contribution in [1.82, 2.24) is 9.88 Å². The van der Waals surface area contributed by atoms with Crippen LogP contribution < -0.4 is 15.4 Å². The van der Waals surface area contributed by atoms with E-state index in [1.165, 1.54) is 0 Å². The molecule has 2 heterocycles. The van der Waals surface area contributed by atoms with E-state index in [0.717, 1.165) is 37.8 Å². The average Bonchev–Trinajstić information content (AvgIpc) is 3.18. The van der Waals surface area contributed by atoms with Crippen LogP contribution in [0, 0.1) is 18.8 Å². The van der Waals surface area contributed by atoms with Gasteiger partial charge in [0, 0.05) is 30.1 Å². The predicted octanol–water partition coefficient (Wildman–Crippen LogP) is 4.70. The summed E-state index contributed by atoms with van der Waals surface area (Å²) in [4.78, 5) is 32.7. The first kappa shape index (κ1) is 23.8. The number of aromatic nitrogens is 1. The molecule has 0 bridgehead atoms. The number of carbonyl (C=O) groups excluding carboxylic acids is 2. The van der Waals surface area contributed by atoms with Gasteiger partial charge in [-0.3, -0.25) is 9.59 Å². The van der Waals surface area contributed by atoms with E-state index in [4.69, 9.17) is 9.15 Å². The normalized spacial score (nSPS) is 18.1. The van der Waals surface area contributed by atoms with Gasteiger partial charge in [0.2, 0.25) is 11.7 Å². The summed E-state index contributed by atoms with van der Waals surface area (Å²) >= 11 is 0. The monoisotopic (exact) mass is 464 g/mol. The van der Waals surface area contributed by atoms with E-state index in [-0.39, 0.29) is 17.6 Å². The number of carbonyl (C=O) groups is 2. The molecule has 4 rings (SSSR count). The lowest BCUT2D eigenvalue weighted by Gasteiger charge is -2.29. The Morgan fingerprint density at radius 2 is 1.88 bits per heavy atom. The number of ether oxygens (including phenoxy) is 1. The van der Waals surface area contributed by atoms with Crippen molar-refractivity contribution in [2.75, 3.05) is 38.4 Å². The number of fused-ring (bicyclic) bond motifs is 1. The van der Waals surface area contributed by atoms with Crippen LogP contribution in [-0.4, -0.2) is 49.4 Å². The first-order chi connectivity index (χ1) is 16.3. The average molecular weight is 465 g/mol. The Morgan fingerprint density at radius 3 is 2.53 bits per heavy atom. The molecule has 2 amide bonds. The number of anilines is 2. The summed E-state index contributed by atoms with van der Waals surface area (Å²) in [6.45, 7) is 2.97. The molecule has 8 heteroatoms. The standard InChI is InChI=1S/C26H32N4O4/c1-16-5-12-22(27-14-16)28-26(32)24-23(20-11-10-19(33-4)13-21(20)34-24)29-25(31)18-8-6-17(7-9-18)15-30(2)3/h5,10-14,17-18H,6-9,15H2,1-4H3,(H,29,31)(H,27,28,32)/t17-,18-. The zero-order chi connectivity index (χ0) is 24.2. The minimum absolute atomic E-state index is 0.0419. The number of hydrogen-bond acceptors (Lipinski definition) is 6. The Bertz CT molecular complexity index is 1160. The molecule has 0 radical (unpaired) electrons. The highest BCUT2D eigenvalue weighted by Gasteiger charge is 2.29. The van der Waals surface area contributed by atoms with E-state index >= 15 is 0 Å². The van der Waals surface area contributed by atoms with Crippen LogP contribution in [0.15, 0.2) is 40.9 Å². The Labute approximate surface area is 199 Å². The highest BCUT2D eigenvalue weighted by Crippen LogP contribution is 2.36. The number of pyridine rings is 1. The van der Waals surface area contributed by atoms with Crippen molar-refractivity contribution in [3.05, 3.63) is 47.9 Å². The lowest BCUT2D eigenvalue weighted by Crippen LogP contribution is -2.31. The van der Waals surface area contributed by atoms with E-state index < -0.39 is 5.91 Å². The highest BCUT2D eigenvalue weighted by atomic mass is 16.5. The number of methoxy groups -OCH3 is 1. The van der Waals surface area contributed by atoms with Gasteiger partial charge >= 0.3 is 0 Å². The maximum Gasteiger partial charge on any atom is 0.294 e. The van der Waals surface area contributed by atoms with Gasteiger partial charge in [0.25, 0.3) is 5.91 Å². The summed E-state index contributed by atoms with van der Waals surface area (Å²) < 4.78 is 11.2. The van der Waals surface area contributed by atoms with Crippen LogP contribution in [0.2, 0.25) is 0 Å². The Morgan fingerprint density at radius 1 is 1.12 bits per heavy atom. The fourth-order valence-corrected chi connectivity index (χ4v) is 4.55. The molecule has 1 aromatic carbocycles. The summed E-state index contributed by atoms with van der Waals surface area (Å²) in [5, 5.41) is 6.42. The third-order valence-electron chi connectivity index (χ3n) is 6.35. The van der Waals surface area contributed by atoms with Crippen molar-refractivity contribution in [3.8, 4) is 5.75 Å². The molecule has 2 aromatic heterocycles. The fraction of sp³-hybridized carbons (Fsp3) is 0.423. The molecule has 3 aromatic rings. The van der Waals surface area contributed by atoms with Crippen LogP contribution in [0.25, 0.3) is 11.0 Å². The number of nitrogens with one attached hydrogen (secondary N) is 2. The van der Waals surface area contributed by atoms with Crippen molar-refractivity contribution in [3.63, 3.8) is 0 Å². The molecular formula is C26H32N4O4. The fourth-order valence-electron chi connectivity index (χ4n) is 4.55. The number of nitrogens with zero attached hydrogens (tertiary/aromatic N) is 2. The maximum absolute atomic E-state index is 13.2. The molecule has 1 aliphatic rings. The quantitative estimate of drug-likeness (QED) is 0.526. The van der Waals surface area contributed by atoms with Crippen molar-refractivity contribution in [2.45, 2.75) is 32.6 Å². The summed E-state index contributed by atoms with van der Waals surface area (Å²) in [5.74, 6) is 1.03. The van der Waals surface area contributed by atoms with Crippen LogP contribution in [0.5, 0.6) is 5.75 Å². The second kappa shape index (κ2) is 10.3. The van der Waals surface area contributed by atoms with Gasteiger partial charge in [0.1, 0.15) is 22.8 Å². The van der Waals surface area contributed by atoms with Crippen molar-refractivity contribution in [1.29, 1.82) is 0 Å². The molecule has 1 fully saturated rings. The van der Waals surface area contributed by atoms with Crippen LogP contribution in [-0.2, 0) is 4.79 Å². The molecule has 1 aliphatic carbocycles. The second-order valence-corrected chi connectivity index (χ2v) is 9.31. The summed E-state index contributed by atoms with van der Waals surface area (Å²) in [7, 11) is 5.73. The number of rotatable bonds is 7. The zero-order valence-electron chi connectivity index (χ0n) is 20.2. The van der Waals surface area contributed by atoms with Crippen LogP contribution in [0.1, 0.15) is 41.8 Å². The Hall–Kier alpha value is -3.39. The summed E-state index contributed by atoms with van der Waals surface area (Å²) in [5.41, 5.74) is 1.83. The van der Waals surface area contributed by atoms with E-state index in [1.807, 2.05) is 13.0 Å². The molecular weight excluding hydrogens is 432 g/mol. The molecule has 0 saturated heterocycles. The number of amides is 2. The molecule has 0 unspecified atom stereocenters. The van der Waals surface area contributed by atoms with Crippen LogP contribution in [0.3, 0.4) is 0 Å².